The number of unbranched alkanes of at least 4 members (excludes halogenated alkanes) is 1. The Kier molecular flexibility index (Phi) is 11.7. The van der Waals surface area contributed by atoms with E-state index in [0.717, 1.165) is 28.9 Å². The number of carbonyl (C=O) groups is 2. The van der Waals surface area contributed by atoms with E-state index in [-0.39, 0.29) is 10.9 Å². The molecule has 0 bridgehead atoms. The molecule has 0 aliphatic carbocycles. The fourth-order valence-electron chi connectivity index (χ4n) is 5.44. The Morgan fingerprint density at radius 3 is 1.81 bits per heavy atom. The standard InChI is InChI=1S/C39H49N3O4Si/c1-29-20-22-32(23-21-29)39(30-15-9-7-10-16-30,31-17-11-8-12-18-31)40-28-14-13-19-35(42-37(44)45)36(43)41-33-24-26-34(27-25-33)46-47(5,6)38(2,3)4/h7-12,15-18,20-27,35,40,42H,13-14,19,28H2,1-6H3,(H,41,43)(H,44,45)/t35-/m0/s1. The van der Waals surface area contributed by atoms with Crippen molar-refractivity contribution in [1.82, 2.24) is 10.6 Å². The number of hydrogen-bond acceptors (Lipinski definition) is 4. The SMILES string of the molecule is Cc1ccc(C(NCCCC[C@H](NC(=O)O)C(=O)Nc2ccc(O[Si](C)(C)C(C)(C)C)cc2)(c2ccccc2)c2ccccc2)cc1. The van der Waals surface area contributed by atoms with Gasteiger partial charge in [-0.05, 0) is 91.8 Å². The molecule has 0 heterocycles. The van der Waals surface area contributed by atoms with Gasteiger partial charge in [-0.2, -0.15) is 0 Å². The Bertz CT molecular complexity index is 1550. The number of nitrogens with one attached hydrogen (secondary N) is 3. The molecular weight excluding hydrogens is 603 g/mol. The predicted octanol–water partition coefficient (Wildman–Crippen LogP) is 8.71. The Morgan fingerprint density at radius 1 is 0.766 bits per heavy atom. The zero-order valence-electron chi connectivity index (χ0n) is 28.5. The van der Waals surface area contributed by atoms with E-state index in [9.17, 15) is 14.7 Å². The van der Waals surface area contributed by atoms with Crippen LogP contribution in [0.15, 0.2) is 109 Å². The summed E-state index contributed by atoms with van der Waals surface area (Å²) >= 11 is 0. The Balaban J connectivity index is 1.44. The molecule has 0 saturated carbocycles. The molecular formula is C39H49N3O4Si. The largest absolute Gasteiger partial charge is 0.544 e. The summed E-state index contributed by atoms with van der Waals surface area (Å²) in [4.78, 5) is 24.8. The molecule has 0 unspecified atom stereocenters. The second-order valence-corrected chi connectivity index (χ2v) is 18.4. The molecule has 7 nitrogen and oxygen atoms in total. The van der Waals surface area contributed by atoms with E-state index in [1.54, 1.807) is 12.1 Å². The highest BCUT2D eigenvalue weighted by Crippen LogP contribution is 2.38. The lowest BCUT2D eigenvalue weighted by molar-refractivity contribution is -0.118. The molecule has 0 aromatic heterocycles. The van der Waals surface area contributed by atoms with Crippen molar-refractivity contribution in [2.45, 2.75) is 76.7 Å². The smallest absolute Gasteiger partial charge is 0.405 e. The number of hydrogen-bond donors (Lipinski definition) is 4. The molecule has 4 aromatic carbocycles. The van der Waals surface area contributed by atoms with E-state index in [1.165, 1.54) is 5.56 Å². The van der Waals surface area contributed by atoms with Gasteiger partial charge in [-0.3, -0.25) is 10.1 Å². The third kappa shape index (κ3) is 9.11. The van der Waals surface area contributed by atoms with Gasteiger partial charge in [0.05, 0.1) is 5.54 Å². The first-order valence-corrected chi connectivity index (χ1v) is 19.3. The van der Waals surface area contributed by atoms with Crippen LogP contribution in [0.4, 0.5) is 10.5 Å². The molecule has 4 rings (SSSR count). The van der Waals surface area contributed by atoms with Crippen LogP contribution in [0.2, 0.25) is 18.1 Å². The highest BCUT2D eigenvalue weighted by Gasteiger charge is 2.39. The second-order valence-electron chi connectivity index (χ2n) is 13.6. The molecule has 0 saturated heterocycles. The van der Waals surface area contributed by atoms with Crippen LogP contribution < -0.4 is 20.4 Å². The minimum atomic E-state index is -1.99. The molecule has 1 atom stereocenters. The first-order chi connectivity index (χ1) is 22.3. The van der Waals surface area contributed by atoms with Gasteiger partial charge in [0, 0.05) is 5.69 Å². The van der Waals surface area contributed by atoms with E-state index in [4.69, 9.17) is 4.43 Å². The highest BCUT2D eigenvalue weighted by atomic mass is 28.4. The minimum Gasteiger partial charge on any atom is -0.544 e. The van der Waals surface area contributed by atoms with E-state index < -0.39 is 26.0 Å². The molecule has 0 aliphatic rings. The third-order valence-electron chi connectivity index (χ3n) is 9.12. The Hall–Kier alpha value is -4.40. The van der Waals surface area contributed by atoms with Crippen molar-refractivity contribution in [1.29, 1.82) is 0 Å². The van der Waals surface area contributed by atoms with Crippen LogP contribution in [-0.2, 0) is 10.3 Å². The van der Waals surface area contributed by atoms with E-state index in [0.29, 0.717) is 25.1 Å². The van der Waals surface area contributed by atoms with Gasteiger partial charge in [-0.1, -0.05) is 111 Å². The molecule has 0 spiro atoms. The number of aryl methyl sites for hydroxylation is 1. The molecule has 248 valence electrons. The molecule has 0 aliphatic heterocycles. The van der Waals surface area contributed by atoms with Crippen molar-refractivity contribution >= 4 is 26.0 Å². The van der Waals surface area contributed by atoms with Crippen molar-refractivity contribution in [3.8, 4) is 5.75 Å². The van der Waals surface area contributed by atoms with Crippen LogP contribution in [0.25, 0.3) is 0 Å². The van der Waals surface area contributed by atoms with Crippen LogP contribution in [0.3, 0.4) is 0 Å². The summed E-state index contributed by atoms with van der Waals surface area (Å²) in [6, 6.07) is 35.8. The second kappa shape index (κ2) is 15.5. The first-order valence-electron chi connectivity index (χ1n) is 16.3. The van der Waals surface area contributed by atoms with Crippen LogP contribution in [0.1, 0.15) is 62.3 Å². The van der Waals surface area contributed by atoms with Gasteiger partial charge in [-0.25, -0.2) is 4.79 Å². The van der Waals surface area contributed by atoms with Gasteiger partial charge in [-0.15, -0.1) is 0 Å². The maximum Gasteiger partial charge on any atom is 0.405 e. The number of amides is 2. The lowest BCUT2D eigenvalue weighted by Gasteiger charge is -2.37. The summed E-state index contributed by atoms with van der Waals surface area (Å²) in [5, 5.41) is 18.7. The quantitative estimate of drug-likeness (QED) is 0.0621. The minimum absolute atomic E-state index is 0.0659. The average molecular weight is 652 g/mol. The maximum atomic E-state index is 13.2. The summed E-state index contributed by atoms with van der Waals surface area (Å²) in [6.07, 6.45) is 0.504. The molecule has 47 heavy (non-hydrogen) atoms. The van der Waals surface area contributed by atoms with Crippen molar-refractivity contribution in [3.63, 3.8) is 0 Å². The van der Waals surface area contributed by atoms with Crippen LogP contribution in [0, 0.1) is 6.92 Å². The van der Waals surface area contributed by atoms with Crippen molar-refractivity contribution in [3.05, 3.63) is 131 Å². The predicted molar refractivity (Wildman–Crippen MR) is 194 cm³/mol. The van der Waals surface area contributed by atoms with Gasteiger partial charge in [0.1, 0.15) is 11.8 Å². The van der Waals surface area contributed by atoms with E-state index in [2.05, 4.69) is 130 Å². The van der Waals surface area contributed by atoms with Crippen molar-refractivity contribution in [2.24, 2.45) is 0 Å². The number of carbonyl (C=O) groups excluding carboxylic acids is 1. The van der Waals surface area contributed by atoms with Gasteiger partial charge >= 0.3 is 6.09 Å². The lowest BCUT2D eigenvalue weighted by Crippen LogP contribution is -2.45. The number of rotatable bonds is 14. The van der Waals surface area contributed by atoms with Crippen molar-refractivity contribution < 1.29 is 19.1 Å². The fourth-order valence-corrected chi connectivity index (χ4v) is 6.47. The highest BCUT2D eigenvalue weighted by molar-refractivity contribution is 6.74. The van der Waals surface area contributed by atoms with E-state index in [1.807, 2.05) is 24.3 Å². The molecule has 2 amide bonds. The zero-order valence-corrected chi connectivity index (χ0v) is 29.5. The van der Waals surface area contributed by atoms with Crippen LogP contribution in [-0.4, -0.2) is 38.0 Å². The number of carboxylic acid groups (broad SMARTS) is 1. The van der Waals surface area contributed by atoms with Gasteiger partial charge in [0.15, 0.2) is 0 Å². The van der Waals surface area contributed by atoms with Gasteiger partial charge < -0.3 is 20.2 Å². The summed E-state index contributed by atoms with van der Waals surface area (Å²) in [7, 11) is -1.99. The van der Waals surface area contributed by atoms with Gasteiger partial charge in [0.25, 0.3) is 0 Å². The Morgan fingerprint density at radius 2 is 1.30 bits per heavy atom. The number of benzene rings is 4. The Labute approximate surface area is 280 Å². The number of anilines is 1. The average Bonchev–Trinajstić information content (AvgIpc) is 3.04. The fraction of sp³-hybridized carbons (Fsp3) is 0.333. The summed E-state index contributed by atoms with van der Waals surface area (Å²) < 4.78 is 6.35. The molecule has 4 N–H and O–H groups in total. The molecule has 8 heteroatoms. The normalized spacial score (nSPS) is 12.6. The van der Waals surface area contributed by atoms with Crippen molar-refractivity contribution in [2.75, 3.05) is 11.9 Å². The van der Waals surface area contributed by atoms with E-state index >= 15 is 0 Å². The third-order valence-corrected chi connectivity index (χ3v) is 13.5. The molecule has 0 radical (unpaired) electrons. The van der Waals surface area contributed by atoms with Gasteiger partial charge in [0.2, 0.25) is 14.2 Å². The summed E-state index contributed by atoms with van der Waals surface area (Å²) in [5.74, 6) is 0.371. The van der Waals surface area contributed by atoms with Crippen LogP contribution >= 0.6 is 0 Å². The zero-order chi connectivity index (χ0) is 34.1. The monoisotopic (exact) mass is 651 g/mol. The summed E-state index contributed by atoms with van der Waals surface area (Å²) in [6.45, 7) is 13.7. The van der Waals surface area contributed by atoms with Crippen LogP contribution in [0.5, 0.6) is 5.75 Å². The first kappa shape index (κ1) is 35.5. The topological polar surface area (TPSA) is 99.7 Å². The molecule has 0 fully saturated rings. The summed E-state index contributed by atoms with van der Waals surface area (Å²) in [5.41, 5.74) is 4.57. The molecule has 4 aromatic rings. The maximum absolute atomic E-state index is 13.2. The lowest BCUT2D eigenvalue weighted by atomic mass is 9.76.